The fourth-order valence-corrected chi connectivity index (χ4v) is 7.38. The fraction of sp³-hybridized carbons (Fsp3) is 0.862. The van der Waals surface area contributed by atoms with Crippen LogP contribution in [0.2, 0.25) is 0 Å². The number of halogens is 1. The molecule has 269 valence electrons. The van der Waals surface area contributed by atoms with Gasteiger partial charge in [-0.15, -0.1) is 11.6 Å². The molecule has 1 aliphatic rings. The first-order chi connectivity index (χ1) is 21.8. The quantitative estimate of drug-likeness (QED) is 0.0405. The molecule has 1 saturated heterocycles. The Bertz CT molecular complexity index is 1220. The molecule has 0 bridgehead atoms. The van der Waals surface area contributed by atoms with Crippen molar-refractivity contribution in [3.63, 3.8) is 0 Å². The van der Waals surface area contributed by atoms with Crippen molar-refractivity contribution in [3.05, 3.63) is 32.6 Å². The van der Waals surface area contributed by atoms with Crippen LogP contribution in [0.25, 0.3) is 0 Å². The molecule has 0 amide bonds. The molecule has 1 aromatic heterocycles. The van der Waals surface area contributed by atoms with Crippen LogP contribution >= 0.6 is 27.2 Å². The predicted octanol–water partition coefficient (Wildman–Crippen LogP) is 5.47. The number of aliphatic hydroxyl groups excluding tert-OH is 1. The molecule has 6 unspecified atom stereocenters. The van der Waals surface area contributed by atoms with Crippen LogP contribution in [0.1, 0.15) is 115 Å². The van der Waals surface area contributed by atoms with Gasteiger partial charge in [0.25, 0.3) is 5.56 Å². The molecule has 2 rings (SSSR count). The summed E-state index contributed by atoms with van der Waals surface area (Å²) in [6.07, 6.45) is 15.3. The van der Waals surface area contributed by atoms with E-state index in [1.807, 2.05) is 0 Å². The molecule has 4 N–H and O–H groups in total. The van der Waals surface area contributed by atoms with E-state index >= 15 is 0 Å². The Morgan fingerprint density at radius 1 is 0.936 bits per heavy atom. The minimum absolute atomic E-state index is 0. The zero-order valence-electron chi connectivity index (χ0n) is 28.1. The molecular weight excluding hydrogens is 689 g/mol. The van der Waals surface area contributed by atoms with Gasteiger partial charge < -0.3 is 24.4 Å². The summed E-state index contributed by atoms with van der Waals surface area (Å²) in [5, 5.41) is 9.45. The van der Waals surface area contributed by atoms with Gasteiger partial charge in [0, 0.05) is 54.3 Å². The van der Waals surface area contributed by atoms with Crippen LogP contribution in [0.4, 0.5) is 0 Å². The van der Waals surface area contributed by atoms with E-state index in [1.54, 1.807) is 0 Å². The van der Waals surface area contributed by atoms with E-state index in [4.69, 9.17) is 30.1 Å². The Hall–Kier alpha value is 0.110. The summed E-state index contributed by atoms with van der Waals surface area (Å²) in [6, 6.07) is 0. The molecule has 0 aliphatic carbocycles. The van der Waals surface area contributed by atoms with Gasteiger partial charge in [0.15, 0.2) is 0 Å². The smallest absolute Gasteiger partial charge is 0.390 e. The number of unbranched alkanes of at least 4 members (excludes halogenated alkanes) is 13. The number of aliphatic hydroxyl groups is 1. The van der Waals surface area contributed by atoms with Gasteiger partial charge >= 0.3 is 21.3 Å². The standard InChI is InChI=1S/C29H53ClN2O12P2.Na/c1-3-4-5-6-7-8-9-10-11-12-13-14-15-16-17-40-20-24(30)21-41-45(36,37)44-46(38,39)42-22-26-25(33)18-27(43-26)32-19-23(2)28(34)31-29(32)35;/h19,24-27,33H,3-18,20-22H2,1-2H3,(H,36,37)(H,38,39)(H,31,34,35);. The summed E-state index contributed by atoms with van der Waals surface area (Å²) in [7, 11) is -10.2. The second-order valence-corrected chi connectivity index (χ2v) is 15.5. The number of aryl methyl sites for hydroxylation is 1. The molecule has 1 aliphatic heterocycles. The van der Waals surface area contributed by atoms with Gasteiger partial charge in [-0.2, -0.15) is 4.31 Å². The molecule has 2 heterocycles. The summed E-state index contributed by atoms with van der Waals surface area (Å²) < 4.78 is 50.4. The maximum atomic E-state index is 12.3. The largest absolute Gasteiger partial charge is 0.481 e. The van der Waals surface area contributed by atoms with Crippen LogP contribution in [0.3, 0.4) is 0 Å². The third-order valence-electron chi connectivity index (χ3n) is 7.63. The Balaban J connectivity index is 0.0000110. The SMILES string of the molecule is CCCCCCCCCCCCCCCCOCC(Cl)COP(=O)(O)OP(=O)(O)OCC1OC(n2cc(C)c(=O)[nH]c2=O)CC1O.[Na]. The Labute approximate surface area is 304 Å². The van der Waals surface area contributed by atoms with E-state index in [-0.39, 0.29) is 48.1 Å². The summed E-state index contributed by atoms with van der Waals surface area (Å²) in [5.74, 6) is 0. The Morgan fingerprint density at radius 2 is 1.47 bits per heavy atom. The van der Waals surface area contributed by atoms with Gasteiger partial charge in [-0.25, -0.2) is 13.9 Å². The van der Waals surface area contributed by atoms with Gasteiger partial charge in [0.05, 0.1) is 31.3 Å². The topological polar surface area (TPSA) is 196 Å². The van der Waals surface area contributed by atoms with Crippen molar-refractivity contribution in [1.82, 2.24) is 9.55 Å². The number of phosphoric acid groups is 2. The van der Waals surface area contributed by atoms with E-state index < -0.39 is 63.9 Å². The summed E-state index contributed by atoms with van der Waals surface area (Å²) >= 11 is 6.09. The van der Waals surface area contributed by atoms with Crippen molar-refractivity contribution in [3.8, 4) is 0 Å². The summed E-state index contributed by atoms with van der Waals surface area (Å²) in [5.41, 5.74) is -1.09. The van der Waals surface area contributed by atoms with Crippen molar-refractivity contribution >= 4 is 56.8 Å². The molecule has 0 aromatic carbocycles. The Kier molecular flexibility index (Phi) is 23.4. The number of nitrogens with zero attached hydrogens (tertiary/aromatic N) is 1. The van der Waals surface area contributed by atoms with E-state index in [0.29, 0.717) is 6.61 Å². The summed E-state index contributed by atoms with van der Waals surface area (Å²) in [4.78, 5) is 45.6. The maximum Gasteiger partial charge on any atom is 0.481 e. The van der Waals surface area contributed by atoms with E-state index in [9.17, 15) is 33.6 Å². The first-order valence-corrected chi connectivity index (χ1v) is 19.8. The summed E-state index contributed by atoms with van der Waals surface area (Å²) in [6.45, 7) is 3.05. The van der Waals surface area contributed by atoms with Crippen LogP contribution in [0, 0.1) is 6.92 Å². The molecular formula is C29H53ClN2NaO12P2. The molecule has 1 fully saturated rings. The number of nitrogens with one attached hydrogen (secondary N) is 1. The predicted molar refractivity (Wildman–Crippen MR) is 180 cm³/mol. The third kappa shape index (κ3) is 19.3. The van der Waals surface area contributed by atoms with Gasteiger partial charge in [-0.3, -0.25) is 23.4 Å². The van der Waals surface area contributed by atoms with E-state index in [1.165, 1.54) is 83.7 Å². The minimum atomic E-state index is -5.14. The fourth-order valence-electron chi connectivity index (χ4n) is 5.01. The monoisotopic (exact) mass is 741 g/mol. The van der Waals surface area contributed by atoms with Crippen molar-refractivity contribution in [2.24, 2.45) is 0 Å². The minimum Gasteiger partial charge on any atom is -0.390 e. The molecule has 1 aromatic rings. The number of phosphoric ester groups is 2. The molecule has 6 atom stereocenters. The number of aromatic amines is 1. The van der Waals surface area contributed by atoms with Crippen LogP contribution in [-0.4, -0.2) is 98.0 Å². The molecule has 1 radical (unpaired) electrons. The van der Waals surface area contributed by atoms with Crippen molar-refractivity contribution in [2.75, 3.05) is 26.4 Å². The Morgan fingerprint density at radius 3 is 2.04 bits per heavy atom. The second kappa shape index (κ2) is 24.3. The van der Waals surface area contributed by atoms with Gasteiger partial charge in [-0.05, 0) is 13.3 Å². The number of hydrogen-bond acceptors (Lipinski definition) is 10. The first-order valence-electron chi connectivity index (χ1n) is 16.4. The van der Waals surface area contributed by atoms with Gasteiger partial charge in [-0.1, -0.05) is 90.4 Å². The van der Waals surface area contributed by atoms with E-state index in [0.717, 1.165) is 23.8 Å². The van der Waals surface area contributed by atoms with Crippen molar-refractivity contribution in [1.29, 1.82) is 0 Å². The molecule has 14 nitrogen and oxygen atoms in total. The number of hydrogen-bond donors (Lipinski definition) is 4. The number of alkyl halides is 1. The average molecular weight is 742 g/mol. The molecule has 0 saturated carbocycles. The zero-order valence-corrected chi connectivity index (χ0v) is 32.6. The van der Waals surface area contributed by atoms with Crippen LogP contribution in [0.5, 0.6) is 0 Å². The number of aromatic nitrogens is 2. The van der Waals surface area contributed by atoms with Gasteiger partial charge in [0.2, 0.25) is 0 Å². The van der Waals surface area contributed by atoms with Crippen molar-refractivity contribution in [2.45, 2.75) is 134 Å². The van der Waals surface area contributed by atoms with Crippen molar-refractivity contribution < 1.29 is 46.9 Å². The normalized spacial score (nSPS) is 21.2. The maximum absolute atomic E-state index is 12.3. The number of ether oxygens (including phenoxy) is 2. The number of H-pyrrole nitrogens is 1. The first kappa shape index (κ1) is 45.1. The molecule has 47 heavy (non-hydrogen) atoms. The van der Waals surface area contributed by atoms with Crippen LogP contribution in [0.15, 0.2) is 15.8 Å². The van der Waals surface area contributed by atoms with Gasteiger partial charge in [0.1, 0.15) is 12.3 Å². The number of rotatable bonds is 26. The molecule has 0 spiro atoms. The second-order valence-electron chi connectivity index (χ2n) is 11.8. The molecule has 18 heteroatoms. The zero-order chi connectivity index (χ0) is 34.0. The average Bonchev–Trinajstić information content (AvgIpc) is 3.36. The third-order valence-corrected chi connectivity index (χ3v) is 10.5. The van der Waals surface area contributed by atoms with E-state index in [2.05, 4.69) is 16.2 Å². The van der Waals surface area contributed by atoms with Crippen LogP contribution in [-0.2, 0) is 32.0 Å². The van der Waals surface area contributed by atoms with Crippen LogP contribution < -0.4 is 11.2 Å².